The van der Waals surface area contributed by atoms with E-state index in [1.165, 1.54) is 6.08 Å². The molecule has 7 heteroatoms. The fourth-order valence-electron chi connectivity index (χ4n) is 3.21. The maximum atomic E-state index is 12.1. The molecule has 2 aromatic heterocycles. The van der Waals surface area contributed by atoms with Crippen LogP contribution in [-0.4, -0.2) is 33.1 Å². The number of hydrogen-bond acceptors (Lipinski definition) is 4. The highest BCUT2D eigenvalue weighted by molar-refractivity contribution is 5.95. The van der Waals surface area contributed by atoms with Gasteiger partial charge >= 0.3 is 0 Å². The lowest BCUT2D eigenvalue weighted by Crippen LogP contribution is -2.23. The first-order chi connectivity index (χ1) is 14.2. The van der Waals surface area contributed by atoms with Gasteiger partial charge in [0.25, 0.3) is 0 Å². The van der Waals surface area contributed by atoms with E-state index in [-0.39, 0.29) is 11.8 Å². The summed E-state index contributed by atoms with van der Waals surface area (Å²) in [4.78, 5) is 30.0. The molecule has 1 N–H and O–H groups in total. The van der Waals surface area contributed by atoms with Crippen LogP contribution in [0, 0.1) is 0 Å². The van der Waals surface area contributed by atoms with Crippen molar-refractivity contribution in [2.24, 2.45) is 0 Å². The van der Waals surface area contributed by atoms with E-state index in [1.54, 1.807) is 28.1 Å². The van der Waals surface area contributed by atoms with Gasteiger partial charge in [-0.05, 0) is 54.0 Å². The molecule has 3 aromatic rings. The molecule has 1 saturated heterocycles. The summed E-state index contributed by atoms with van der Waals surface area (Å²) in [5.41, 5.74) is 2.74. The maximum Gasteiger partial charge on any atom is 0.244 e. The Morgan fingerprint density at radius 2 is 2.03 bits per heavy atom. The largest absolute Gasteiger partial charge is 0.348 e. The van der Waals surface area contributed by atoms with E-state index in [4.69, 9.17) is 0 Å². The number of benzene rings is 1. The molecular weight excluding hydrogens is 366 g/mol. The van der Waals surface area contributed by atoms with Crippen molar-refractivity contribution in [1.82, 2.24) is 20.1 Å². The Morgan fingerprint density at radius 1 is 1.17 bits per heavy atom. The highest BCUT2D eigenvalue weighted by Gasteiger charge is 2.21. The number of hydrogen-bond donors (Lipinski definition) is 1. The first kappa shape index (κ1) is 18.6. The lowest BCUT2D eigenvalue weighted by atomic mass is 10.2. The summed E-state index contributed by atoms with van der Waals surface area (Å²) in [7, 11) is 0. The average molecular weight is 387 g/mol. The summed E-state index contributed by atoms with van der Waals surface area (Å²) >= 11 is 0. The highest BCUT2D eigenvalue weighted by Crippen LogP contribution is 2.21. The van der Waals surface area contributed by atoms with E-state index < -0.39 is 0 Å². The number of aromatic nitrogens is 3. The van der Waals surface area contributed by atoms with Gasteiger partial charge in [0, 0.05) is 49.9 Å². The van der Waals surface area contributed by atoms with Crippen molar-refractivity contribution in [1.29, 1.82) is 0 Å². The van der Waals surface area contributed by atoms with E-state index >= 15 is 0 Å². The smallest absolute Gasteiger partial charge is 0.244 e. The zero-order chi connectivity index (χ0) is 20.1. The first-order valence-corrected chi connectivity index (χ1v) is 9.50. The Labute approximate surface area is 168 Å². The molecule has 146 valence electrons. The molecule has 0 atom stereocenters. The molecule has 0 radical (unpaired) electrons. The molecule has 0 saturated carbocycles. The van der Waals surface area contributed by atoms with Crippen molar-refractivity contribution in [3.05, 3.63) is 78.3 Å². The van der Waals surface area contributed by atoms with Crippen LogP contribution in [0.1, 0.15) is 24.0 Å². The van der Waals surface area contributed by atoms with Crippen LogP contribution < -0.4 is 10.2 Å². The molecule has 0 unspecified atom stereocenters. The molecule has 2 amide bonds. The molecule has 0 aliphatic carbocycles. The Kier molecular flexibility index (Phi) is 5.47. The first-order valence-electron chi connectivity index (χ1n) is 9.50. The normalized spacial score (nSPS) is 13.9. The highest BCUT2D eigenvalue weighted by atomic mass is 16.2. The fourth-order valence-corrected chi connectivity index (χ4v) is 3.21. The molecular formula is C22H21N5O2. The number of pyridine rings is 1. The second-order valence-corrected chi connectivity index (χ2v) is 6.76. The van der Waals surface area contributed by atoms with E-state index in [0.29, 0.717) is 18.8 Å². The molecule has 1 aliphatic rings. The van der Waals surface area contributed by atoms with Gasteiger partial charge in [-0.1, -0.05) is 12.1 Å². The number of rotatable bonds is 6. The van der Waals surface area contributed by atoms with Crippen molar-refractivity contribution in [2.75, 3.05) is 11.4 Å². The molecule has 0 spiro atoms. The van der Waals surface area contributed by atoms with Crippen LogP contribution >= 0.6 is 0 Å². The lowest BCUT2D eigenvalue weighted by Gasteiger charge is -2.15. The van der Waals surface area contributed by atoms with E-state index in [0.717, 1.165) is 29.8 Å². The molecule has 7 nitrogen and oxygen atoms in total. The number of carbonyl (C=O) groups excluding carboxylic acids is 2. The van der Waals surface area contributed by atoms with Crippen LogP contribution in [0.3, 0.4) is 0 Å². The summed E-state index contributed by atoms with van der Waals surface area (Å²) in [6.45, 7) is 1.17. The van der Waals surface area contributed by atoms with Gasteiger partial charge in [0.15, 0.2) is 5.82 Å². The van der Waals surface area contributed by atoms with Gasteiger partial charge in [-0.25, -0.2) is 9.67 Å². The molecule has 4 rings (SSSR count). The number of amides is 2. The molecule has 1 aromatic carbocycles. The third-order valence-corrected chi connectivity index (χ3v) is 4.72. The third-order valence-electron chi connectivity index (χ3n) is 4.72. The molecule has 3 heterocycles. The minimum absolute atomic E-state index is 0.166. The fraction of sp³-hybridized carbons (Fsp3) is 0.182. The molecule has 29 heavy (non-hydrogen) atoms. The standard InChI is InChI=1S/C22H21N5O2/c28-21(24-16-18-10-12-23-20(15-18)27-14-2-11-25-27)9-6-17-4-7-19(8-5-17)26-13-1-3-22(26)29/h2,4-12,14-15H,1,3,13,16H2,(H,24,28)/b9-6+. The quantitative estimate of drug-likeness (QED) is 0.660. The third kappa shape index (κ3) is 4.57. The second-order valence-electron chi connectivity index (χ2n) is 6.76. The number of nitrogens with one attached hydrogen (secondary N) is 1. The van der Waals surface area contributed by atoms with Gasteiger partial charge in [-0.3, -0.25) is 9.59 Å². The summed E-state index contributed by atoms with van der Waals surface area (Å²) in [5, 5.41) is 7.02. The topological polar surface area (TPSA) is 80.1 Å². The van der Waals surface area contributed by atoms with Crippen LogP contribution in [0.2, 0.25) is 0 Å². The summed E-state index contributed by atoms with van der Waals surface area (Å²) < 4.78 is 1.67. The summed E-state index contributed by atoms with van der Waals surface area (Å²) in [5.74, 6) is 0.689. The van der Waals surface area contributed by atoms with Gasteiger partial charge in [-0.2, -0.15) is 5.10 Å². The van der Waals surface area contributed by atoms with E-state index in [1.807, 2.05) is 48.7 Å². The predicted molar refractivity (Wildman–Crippen MR) is 110 cm³/mol. The van der Waals surface area contributed by atoms with Crippen molar-refractivity contribution in [2.45, 2.75) is 19.4 Å². The summed E-state index contributed by atoms with van der Waals surface area (Å²) in [6, 6.07) is 13.2. The van der Waals surface area contributed by atoms with E-state index in [2.05, 4.69) is 15.4 Å². The zero-order valence-corrected chi connectivity index (χ0v) is 15.9. The van der Waals surface area contributed by atoms with Crippen LogP contribution in [0.25, 0.3) is 11.9 Å². The van der Waals surface area contributed by atoms with Gasteiger partial charge in [0.1, 0.15) is 0 Å². The van der Waals surface area contributed by atoms with Gasteiger partial charge in [0.05, 0.1) is 0 Å². The van der Waals surface area contributed by atoms with Gasteiger partial charge in [-0.15, -0.1) is 0 Å². The molecule has 1 fully saturated rings. The van der Waals surface area contributed by atoms with Crippen molar-refractivity contribution in [3.63, 3.8) is 0 Å². The van der Waals surface area contributed by atoms with Crippen LogP contribution in [0.4, 0.5) is 5.69 Å². The predicted octanol–water partition coefficient (Wildman–Crippen LogP) is 2.72. The Hall–Kier alpha value is -3.74. The summed E-state index contributed by atoms with van der Waals surface area (Å²) in [6.07, 6.45) is 9.98. The number of anilines is 1. The Balaban J connectivity index is 1.32. The van der Waals surface area contributed by atoms with Crippen molar-refractivity contribution >= 4 is 23.6 Å². The van der Waals surface area contributed by atoms with Crippen LogP contribution in [0.15, 0.2) is 67.1 Å². The number of carbonyl (C=O) groups is 2. The van der Waals surface area contributed by atoms with Gasteiger partial charge < -0.3 is 10.2 Å². The molecule has 1 aliphatic heterocycles. The van der Waals surface area contributed by atoms with Crippen LogP contribution in [-0.2, 0) is 16.1 Å². The average Bonchev–Trinajstić information content (AvgIpc) is 3.43. The van der Waals surface area contributed by atoms with Crippen molar-refractivity contribution < 1.29 is 9.59 Å². The van der Waals surface area contributed by atoms with E-state index in [9.17, 15) is 9.59 Å². The minimum atomic E-state index is -0.179. The van der Waals surface area contributed by atoms with Gasteiger partial charge in [0.2, 0.25) is 11.8 Å². The maximum absolute atomic E-state index is 12.1. The second kappa shape index (κ2) is 8.52. The molecule has 0 bridgehead atoms. The number of nitrogens with zero attached hydrogens (tertiary/aromatic N) is 4. The lowest BCUT2D eigenvalue weighted by molar-refractivity contribution is -0.117. The van der Waals surface area contributed by atoms with Crippen LogP contribution in [0.5, 0.6) is 0 Å². The monoisotopic (exact) mass is 387 g/mol. The minimum Gasteiger partial charge on any atom is -0.348 e. The Morgan fingerprint density at radius 3 is 2.76 bits per heavy atom. The Bertz CT molecular complexity index is 1030. The SMILES string of the molecule is O=C(/C=C/c1ccc(N2CCCC2=O)cc1)NCc1ccnc(-n2cccn2)c1. The van der Waals surface area contributed by atoms with Crippen molar-refractivity contribution in [3.8, 4) is 5.82 Å². The zero-order valence-electron chi connectivity index (χ0n) is 15.9.